The summed E-state index contributed by atoms with van der Waals surface area (Å²) in [5.74, 6) is 0.659. The summed E-state index contributed by atoms with van der Waals surface area (Å²) in [5.41, 5.74) is 5.95. The van der Waals surface area contributed by atoms with E-state index in [9.17, 15) is 0 Å². The molecule has 1 aromatic rings. The summed E-state index contributed by atoms with van der Waals surface area (Å²) in [6.45, 7) is 2.76. The molecule has 1 rings (SSSR count). The van der Waals surface area contributed by atoms with Crippen LogP contribution in [0.3, 0.4) is 0 Å². The predicted octanol–water partition coefficient (Wildman–Crippen LogP) is 2.80. The average molecular weight is 227 g/mol. The van der Waals surface area contributed by atoms with Crippen molar-refractivity contribution < 1.29 is 4.74 Å². The van der Waals surface area contributed by atoms with Gasteiger partial charge in [0.15, 0.2) is 0 Å². The first kappa shape index (κ1) is 11.9. The Balaban J connectivity index is 2.70. The summed E-state index contributed by atoms with van der Waals surface area (Å²) in [6, 6.07) is 5.12. The lowest BCUT2D eigenvalue weighted by atomic mass is 10.2. The zero-order chi connectivity index (χ0) is 11.3. The maximum absolute atomic E-state index is 7.25. The van der Waals surface area contributed by atoms with Crippen LogP contribution in [0.5, 0.6) is 5.75 Å². The first-order valence-corrected chi connectivity index (χ1v) is 5.29. The molecule has 0 aliphatic rings. The van der Waals surface area contributed by atoms with Crippen molar-refractivity contribution in [2.75, 3.05) is 6.61 Å². The van der Waals surface area contributed by atoms with Crippen molar-refractivity contribution in [3.63, 3.8) is 0 Å². The number of nitrogens with one attached hydrogen (secondary N) is 1. The van der Waals surface area contributed by atoms with Crippen molar-refractivity contribution in [2.45, 2.75) is 19.8 Å². The third-order valence-electron chi connectivity index (χ3n) is 2.00. The van der Waals surface area contributed by atoms with Crippen LogP contribution in [0.4, 0.5) is 0 Å². The van der Waals surface area contributed by atoms with Gasteiger partial charge in [0, 0.05) is 5.56 Å². The Morgan fingerprint density at radius 1 is 1.53 bits per heavy atom. The van der Waals surface area contributed by atoms with E-state index in [0.29, 0.717) is 22.9 Å². The molecule has 3 nitrogen and oxygen atoms in total. The summed E-state index contributed by atoms with van der Waals surface area (Å²) in [5, 5.41) is 7.75. The van der Waals surface area contributed by atoms with Gasteiger partial charge in [-0.15, -0.1) is 0 Å². The van der Waals surface area contributed by atoms with E-state index in [1.54, 1.807) is 18.2 Å². The Morgan fingerprint density at radius 3 is 2.80 bits per heavy atom. The first-order chi connectivity index (χ1) is 7.15. The van der Waals surface area contributed by atoms with Crippen LogP contribution in [-0.4, -0.2) is 12.4 Å². The number of halogens is 1. The van der Waals surface area contributed by atoms with E-state index >= 15 is 0 Å². The number of unbranched alkanes of at least 4 members (excludes halogenated alkanes) is 1. The summed E-state index contributed by atoms with van der Waals surface area (Å²) in [7, 11) is 0. The first-order valence-electron chi connectivity index (χ1n) is 4.92. The molecule has 0 heterocycles. The molecule has 82 valence electrons. The maximum Gasteiger partial charge on any atom is 0.137 e. The Bertz CT molecular complexity index is 352. The highest BCUT2D eigenvalue weighted by atomic mass is 35.5. The fourth-order valence-electron chi connectivity index (χ4n) is 1.11. The highest BCUT2D eigenvalue weighted by Gasteiger charge is 2.04. The molecule has 15 heavy (non-hydrogen) atoms. The molecule has 0 amide bonds. The second-order valence-corrected chi connectivity index (χ2v) is 3.67. The lowest BCUT2D eigenvalue weighted by Gasteiger charge is -2.08. The van der Waals surface area contributed by atoms with Crippen LogP contribution in [0, 0.1) is 5.41 Å². The molecule has 0 aliphatic heterocycles. The third kappa shape index (κ3) is 3.44. The van der Waals surface area contributed by atoms with Crippen LogP contribution in [0.25, 0.3) is 0 Å². The van der Waals surface area contributed by atoms with Crippen LogP contribution in [0.1, 0.15) is 25.3 Å². The van der Waals surface area contributed by atoms with E-state index in [1.165, 1.54) is 0 Å². The van der Waals surface area contributed by atoms with Crippen molar-refractivity contribution in [1.82, 2.24) is 0 Å². The van der Waals surface area contributed by atoms with Gasteiger partial charge in [-0.05, 0) is 24.6 Å². The molecule has 0 bridgehead atoms. The molecule has 4 heteroatoms. The summed E-state index contributed by atoms with van der Waals surface area (Å²) in [6.07, 6.45) is 2.09. The molecule has 0 aliphatic carbocycles. The Labute approximate surface area is 94.7 Å². The molecular formula is C11H15ClN2O. The van der Waals surface area contributed by atoms with E-state index in [0.717, 1.165) is 12.8 Å². The number of amidine groups is 1. The minimum absolute atomic E-state index is 0.0111. The SMILES string of the molecule is CCCCOc1ccc(C(=N)N)cc1Cl. The number of hydrogen-bond acceptors (Lipinski definition) is 2. The molecule has 0 saturated carbocycles. The second-order valence-electron chi connectivity index (χ2n) is 3.26. The number of rotatable bonds is 5. The van der Waals surface area contributed by atoms with Crippen molar-refractivity contribution in [1.29, 1.82) is 5.41 Å². The van der Waals surface area contributed by atoms with Gasteiger partial charge in [-0.3, -0.25) is 5.41 Å². The van der Waals surface area contributed by atoms with Gasteiger partial charge in [-0.1, -0.05) is 24.9 Å². The van der Waals surface area contributed by atoms with Gasteiger partial charge in [0.25, 0.3) is 0 Å². The van der Waals surface area contributed by atoms with E-state index in [2.05, 4.69) is 6.92 Å². The second kappa shape index (κ2) is 5.61. The zero-order valence-corrected chi connectivity index (χ0v) is 9.47. The normalized spacial score (nSPS) is 10.0. The summed E-state index contributed by atoms with van der Waals surface area (Å²) in [4.78, 5) is 0. The number of benzene rings is 1. The molecule has 0 unspecified atom stereocenters. The Hall–Kier alpha value is -1.22. The number of ether oxygens (including phenoxy) is 1. The number of nitrogen functional groups attached to an aromatic ring is 1. The Morgan fingerprint density at radius 2 is 2.27 bits per heavy atom. The van der Waals surface area contributed by atoms with E-state index < -0.39 is 0 Å². The molecule has 0 saturated heterocycles. The van der Waals surface area contributed by atoms with Crippen LogP contribution >= 0.6 is 11.6 Å². The number of hydrogen-bond donors (Lipinski definition) is 2. The van der Waals surface area contributed by atoms with Crippen molar-refractivity contribution >= 4 is 17.4 Å². The maximum atomic E-state index is 7.25. The summed E-state index contributed by atoms with van der Waals surface area (Å²) >= 11 is 5.98. The Kier molecular flexibility index (Phi) is 4.43. The highest BCUT2D eigenvalue weighted by Crippen LogP contribution is 2.25. The largest absolute Gasteiger partial charge is 0.492 e. The van der Waals surface area contributed by atoms with Gasteiger partial charge in [-0.25, -0.2) is 0 Å². The lowest BCUT2D eigenvalue weighted by molar-refractivity contribution is 0.309. The van der Waals surface area contributed by atoms with Gasteiger partial charge in [0.1, 0.15) is 11.6 Å². The molecule has 1 aromatic carbocycles. The molecule has 0 radical (unpaired) electrons. The minimum Gasteiger partial charge on any atom is -0.492 e. The van der Waals surface area contributed by atoms with Gasteiger partial charge in [0.05, 0.1) is 11.6 Å². The molecule has 0 atom stereocenters. The average Bonchev–Trinajstić information content (AvgIpc) is 2.20. The smallest absolute Gasteiger partial charge is 0.137 e. The fraction of sp³-hybridized carbons (Fsp3) is 0.364. The van der Waals surface area contributed by atoms with E-state index in [-0.39, 0.29) is 5.84 Å². The van der Waals surface area contributed by atoms with E-state index in [4.69, 9.17) is 27.5 Å². The van der Waals surface area contributed by atoms with Crippen molar-refractivity contribution in [2.24, 2.45) is 5.73 Å². The van der Waals surface area contributed by atoms with Gasteiger partial charge in [0.2, 0.25) is 0 Å². The topological polar surface area (TPSA) is 59.1 Å². The van der Waals surface area contributed by atoms with Crippen LogP contribution in [-0.2, 0) is 0 Å². The standard InChI is InChI=1S/C11H15ClN2O/c1-2-3-6-15-10-5-4-8(11(13)14)7-9(10)12/h4-5,7H,2-3,6H2,1H3,(H3,13,14). The predicted molar refractivity (Wildman–Crippen MR) is 62.9 cm³/mol. The van der Waals surface area contributed by atoms with Crippen LogP contribution < -0.4 is 10.5 Å². The third-order valence-corrected chi connectivity index (χ3v) is 2.29. The van der Waals surface area contributed by atoms with E-state index in [1.807, 2.05) is 0 Å². The van der Waals surface area contributed by atoms with Crippen LogP contribution in [0.15, 0.2) is 18.2 Å². The van der Waals surface area contributed by atoms with Gasteiger partial charge >= 0.3 is 0 Å². The molecule has 0 aromatic heterocycles. The monoisotopic (exact) mass is 226 g/mol. The minimum atomic E-state index is 0.0111. The zero-order valence-electron chi connectivity index (χ0n) is 8.72. The van der Waals surface area contributed by atoms with Gasteiger partial charge in [-0.2, -0.15) is 0 Å². The lowest BCUT2D eigenvalue weighted by Crippen LogP contribution is -2.10. The summed E-state index contributed by atoms with van der Waals surface area (Å²) < 4.78 is 5.47. The fourth-order valence-corrected chi connectivity index (χ4v) is 1.35. The van der Waals surface area contributed by atoms with Gasteiger partial charge < -0.3 is 10.5 Å². The molecular weight excluding hydrogens is 212 g/mol. The van der Waals surface area contributed by atoms with Crippen molar-refractivity contribution in [3.8, 4) is 5.75 Å². The van der Waals surface area contributed by atoms with Crippen LogP contribution in [0.2, 0.25) is 5.02 Å². The quantitative estimate of drug-likeness (QED) is 0.461. The van der Waals surface area contributed by atoms with Crippen molar-refractivity contribution in [3.05, 3.63) is 28.8 Å². The highest BCUT2D eigenvalue weighted by molar-refractivity contribution is 6.32. The molecule has 0 fully saturated rings. The molecule has 0 spiro atoms. The molecule has 3 N–H and O–H groups in total. The number of nitrogens with two attached hydrogens (primary N) is 1.